The first-order chi connectivity index (χ1) is 8.18. The van der Waals surface area contributed by atoms with Crippen LogP contribution in [0.2, 0.25) is 0 Å². The van der Waals surface area contributed by atoms with Crippen molar-refractivity contribution in [1.82, 2.24) is 10.2 Å². The Morgan fingerprint density at radius 3 is 2.71 bits per heavy atom. The minimum atomic E-state index is 0.204. The van der Waals surface area contributed by atoms with Crippen molar-refractivity contribution < 1.29 is 0 Å². The number of nitrogen functional groups attached to an aromatic ring is 1. The Morgan fingerprint density at radius 2 is 2.06 bits per heavy atom. The first-order valence-electron chi connectivity index (χ1n) is 5.54. The van der Waals surface area contributed by atoms with Gasteiger partial charge in [0.1, 0.15) is 0 Å². The molecular weight excluding hydrogens is 212 g/mol. The van der Waals surface area contributed by atoms with E-state index in [4.69, 9.17) is 5.73 Å². The van der Waals surface area contributed by atoms with Gasteiger partial charge in [-0.2, -0.15) is 5.10 Å². The van der Waals surface area contributed by atoms with E-state index in [-0.39, 0.29) is 6.04 Å². The molecule has 88 valence electrons. The number of hydrogen-bond donors (Lipinski definition) is 1. The van der Waals surface area contributed by atoms with E-state index in [2.05, 4.69) is 28.1 Å². The molecule has 1 unspecified atom stereocenters. The van der Waals surface area contributed by atoms with Gasteiger partial charge in [-0.3, -0.25) is 0 Å². The zero-order chi connectivity index (χ0) is 12.3. The van der Waals surface area contributed by atoms with Crippen molar-refractivity contribution in [3.8, 4) is 0 Å². The standard InChI is InChI=1S/C13H16N4/c1-10(11-5-3-6-12(14)9-11)17(2)13-7-4-8-15-16-13/h3-10H,14H2,1-2H3. The van der Waals surface area contributed by atoms with E-state index in [0.717, 1.165) is 17.1 Å². The highest BCUT2D eigenvalue weighted by Gasteiger charge is 2.13. The van der Waals surface area contributed by atoms with E-state index in [1.807, 2.05) is 37.4 Å². The number of rotatable bonds is 3. The van der Waals surface area contributed by atoms with Crippen LogP contribution < -0.4 is 10.6 Å². The molecule has 0 saturated carbocycles. The summed E-state index contributed by atoms with van der Waals surface area (Å²) in [5.41, 5.74) is 7.73. The van der Waals surface area contributed by atoms with Crippen LogP contribution in [0, 0.1) is 0 Å². The Morgan fingerprint density at radius 1 is 1.24 bits per heavy atom. The molecule has 0 aliphatic rings. The maximum Gasteiger partial charge on any atom is 0.151 e. The van der Waals surface area contributed by atoms with Crippen molar-refractivity contribution in [2.45, 2.75) is 13.0 Å². The Balaban J connectivity index is 2.23. The monoisotopic (exact) mass is 228 g/mol. The minimum Gasteiger partial charge on any atom is -0.399 e. The van der Waals surface area contributed by atoms with Crippen molar-refractivity contribution in [3.05, 3.63) is 48.2 Å². The van der Waals surface area contributed by atoms with Crippen LogP contribution in [0.3, 0.4) is 0 Å². The number of benzene rings is 1. The lowest BCUT2D eigenvalue weighted by atomic mass is 10.1. The van der Waals surface area contributed by atoms with E-state index < -0.39 is 0 Å². The van der Waals surface area contributed by atoms with Crippen LogP contribution in [0.4, 0.5) is 11.5 Å². The van der Waals surface area contributed by atoms with Gasteiger partial charge in [-0.15, -0.1) is 5.10 Å². The molecule has 0 radical (unpaired) electrons. The molecule has 4 nitrogen and oxygen atoms in total. The zero-order valence-electron chi connectivity index (χ0n) is 10.0. The molecule has 2 aromatic rings. The number of anilines is 2. The summed E-state index contributed by atoms with van der Waals surface area (Å²) < 4.78 is 0. The lowest BCUT2D eigenvalue weighted by Crippen LogP contribution is -2.22. The van der Waals surface area contributed by atoms with Crippen molar-refractivity contribution in [1.29, 1.82) is 0 Å². The van der Waals surface area contributed by atoms with Gasteiger partial charge < -0.3 is 10.6 Å². The van der Waals surface area contributed by atoms with Crippen LogP contribution >= 0.6 is 0 Å². The van der Waals surface area contributed by atoms with E-state index in [0.29, 0.717) is 0 Å². The lowest BCUT2D eigenvalue weighted by molar-refractivity contribution is 0.720. The molecule has 2 N–H and O–H groups in total. The number of hydrogen-bond acceptors (Lipinski definition) is 4. The summed E-state index contributed by atoms with van der Waals surface area (Å²) in [7, 11) is 2.00. The number of nitrogens with two attached hydrogens (primary N) is 1. The molecular formula is C13H16N4. The summed E-state index contributed by atoms with van der Waals surface area (Å²) in [4.78, 5) is 2.07. The van der Waals surface area contributed by atoms with Crippen molar-refractivity contribution in [3.63, 3.8) is 0 Å². The normalized spacial score (nSPS) is 12.1. The highest BCUT2D eigenvalue weighted by atomic mass is 15.3. The van der Waals surface area contributed by atoms with Gasteiger partial charge in [-0.25, -0.2) is 0 Å². The molecule has 1 aromatic heterocycles. The first kappa shape index (κ1) is 11.4. The Kier molecular flexibility index (Phi) is 3.23. The van der Waals surface area contributed by atoms with Crippen LogP contribution in [0.1, 0.15) is 18.5 Å². The van der Waals surface area contributed by atoms with E-state index in [1.54, 1.807) is 6.20 Å². The molecule has 0 amide bonds. The maximum atomic E-state index is 5.79. The molecule has 0 spiro atoms. The van der Waals surface area contributed by atoms with Crippen molar-refractivity contribution in [2.24, 2.45) is 0 Å². The Bertz CT molecular complexity index is 484. The van der Waals surface area contributed by atoms with Gasteiger partial charge in [0.05, 0.1) is 6.04 Å². The maximum absolute atomic E-state index is 5.79. The predicted molar refractivity (Wildman–Crippen MR) is 69.7 cm³/mol. The minimum absolute atomic E-state index is 0.204. The van der Waals surface area contributed by atoms with Crippen molar-refractivity contribution >= 4 is 11.5 Å². The van der Waals surface area contributed by atoms with Gasteiger partial charge in [-0.1, -0.05) is 12.1 Å². The number of aromatic nitrogens is 2. The molecule has 0 aliphatic heterocycles. The highest BCUT2D eigenvalue weighted by molar-refractivity contribution is 5.45. The summed E-state index contributed by atoms with van der Waals surface area (Å²) in [5.74, 6) is 0.849. The molecule has 0 aliphatic carbocycles. The molecule has 0 saturated heterocycles. The summed E-state index contributed by atoms with van der Waals surface area (Å²) in [6, 6.07) is 11.9. The summed E-state index contributed by atoms with van der Waals surface area (Å²) in [6.45, 7) is 2.11. The topological polar surface area (TPSA) is 55.0 Å². The van der Waals surface area contributed by atoms with Gasteiger partial charge in [-0.05, 0) is 36.8 Å². The predicted octanol–water partition coefficient (Wildman–Crippen LogP) is 2.26. The summed E-state index contributed by atoms with van der Waals surface area (Å²) in [5, 5.41) is 7.98. The zero-order valence-corrected chi connectivity index (χ0v) is 10.0. The van der Waals surface area contributed by atoms with Crippen molar-refractivity contribution in [2.75, 3.05) is 17.7 Å². The fourth-order valence-electron chi connectivity index (χ4n) is 1.72. The van der Waals surface area contributed by atoms with Crippen LogP contribution in [0.15, 0.2) is 42.6 Å². The van der Waals surface area contributed by atoms with E-state index in [1.165, 1.54) is 0 Å². The molecule has 17 heavy (non-hydrogen) atoms. The Labute approximate surface area is 101 Å². The average Bonchev–Trinajstić information content (AvgIpc) is 2.38. The van der Waals surface area contributed by atoms with Gasteiger partial charge in [0, 0.05) is 18.9 Å². The van der Waals surface area contributed by atoms with Gasteiger partial charge >= 0.3 is 0 Å². The fraction of sp³-hybridized carbons (Fsp3) is 0.231. The molecule has 0 fully saturated rings. The smallest absolute Gasteiger partial charge is 0.151 e. The number of nitrogens with zero attached hydrogens (tertiary/aromatic N) is 3. The first-order valence-corrected chi connectivity index (χ1v) is 5.54. The SMILES string of the molecule is CC(c1cccc(N)c1)N(C)c1cccnn1. The Hall–Kier alpha value is -2.10. The third-order valence-corrected chi connectivity index (χ3v) is 2.89. The summed E-state index contributed by atoms with van der Waals surface area (Å²) in [6.07, 6.45) is 1.67. The second kappa shape index (κ2) is 4.82. The largest absolute Gasteiger partial charge is 0.399 e. The second-order valence-electron chi connectivity index (χ2n) is 4.04. The molecule has 1 aromatic carbocycles. The fourth-order valence-corrected chi connectivity index (χ4v) is 1.72. The van der Waals surface area contributed by atoms with Gasteiger partial charge in [0.2, 0.25) is 0 Å². The molecule has 4 heteroatoms. The van der Waals surface area contributed by atoms with Crippen LogP contribution in [0.5, 0.6) is 0 Å². The third kappa shape index (κ3) is 2.53. The highest BCUT2D eigenvalue weighted by Crippen LogP contribution is 2.24. The van der Waals surface area contributed by atoms with E-state index in [9.17, 15) is 0 Å². The summed E-state index contributed by atoms with van der Waals surface area (Å²) >= 11 is 0. The lowest BCUT2D eigenvalue weighted by Gasteiger charge is -2.25. The molecule has 1 heterocycles. The van der Waals surface area contributed by atoms with E-state index >= 15 is 0 Å². The van der Waals surface area contributed by atoms with Crippen LogP contribution in [-0.2, 0) is 0 Å². The van der Waals surface area contributed by atoms with Gasteiger partial charge in [0.15, 0.2) is 5.82 Å². The molecule has 1 atom stereocenters. The average molecular weight is 228 g/mol. The molecule has 0 bridgehead atoms. The van der Waals surface area contributed by atoms with Crippen LogP contribution in [-0.4, -0.2) is 17.2 Å². The van der Waals surface area contributed by atoms with Gasteiger partial charge in [0.25, 0.3) is 0 Å². The third-order valence-electron chi connectivity index (χ3n) is 2.89. The van der Waals surface area contributed by atoms with Crippen LogP contribution in [0.25, 0.3) is 0 Å². The second-order valence-corrected chi connectivity index (χ2v) is 4.04. The molecule has 2 rings (SSSR count). The quantitative estimate of drug-likeness (QED) is 0.819.